The van der Waals surface area contributed by atoms with Gasteiger partial charge in [-0.2, -0.15) is 0 Å². The summed E-state index contributed by atoms with van der Waals surface area (Å²) >= 11 is 0. The molecule has 0 aliphatic carbocycles. The standard InChI is InChI=1S/C19H29N3O2/c1-4-15-8-10-16(11-9-15)20-19(24)21-17(14(2)3)18(23)22-12-6-5-7-13-22/h8-11,14,17H,4-7,12-13H2,1-3H3,(H2,20,21,24)/t17-/m0/s1. The van der Waals surface area contributed by atoms with Gasteiger partial charge in [-0.25, -0.2) is 4.79 Å². The Hall–Kier alpha value is -2.04. The Morgan fingerprint density at radius 3 is 2.25 bits per heavy atom. The molecule has 1 saturated heterocycles. The van der Waals surface area contributed by atoms with Crippen molar-refractivity contribution in [1.29, 1.82) is 0 Å². The molecule has 1 heterocycles. The Kier molecular flexibility index (Phi) is 6.64. The van der Waals surface area contributed by atoms with Crippen molar-refractivity contribution in [3.63, 3.8) is 0 Å². The molecular formula is C19H29N3O2. The van der Waals surface area contributed by atoms with Crippen LogP contribution in [0.5, 0.6) is 0 Å². The number of urea groups is 1. The highest BCUT2D eigenvalue weighted by molar-refractivity contribution is 5.93. The molecule has 24 heavy (non-hydrogen) atoms. The summed E-state index contributed by atoms with van der Waals surface area (Å²) in [5, 5.41) is 5.66. The molecule has 1 fully saturated rings. The molecule has 1 aliphatic rings. The van der Waals surface area contributed by atoms with Crippen LogP contribution in [-0.4, -0.2) is 36.0 Å². The summed E-state index contributed by atoms with van der Waals surface area (Å²) in [5.74, 6) is 0.0776. The van der Waals surface area contributed by atoms with Crippen LogP contribution >= 0.6 is 0 Å². The fraction of sp³-hybridized carbons (Fsp3) is 0.579. The topological polar surface area (TPSA) is 61.4 Å². The first kappa shape index (κ1) is 18.3. The highest BCUT2D eigenvalue weighted by atomic mass is 16.2. The van der Waals surface area contributed by atoms with Crippen molar-refractivity contribution < 1.29 is 9.59 Å². The van der Waals surface area contributed by atoms with E-state index < -0.39 is 6.04 Å². The van der Waals surface area contributed by atoms with Gasteiger partial charge in [0, 0.05) is 18.8 Å². The first-order valence-electron chi connectivity index (χ1n) is 8.96. The molecule has 5 nitrogen and oxygen atoms in total. The van der Waals surface area contributed by atoms with E-state index in [4.69, 9.17) is 0 Å². The molecule has 1 aromatic rings. The average Bonchev–Trinajstić information content (AvgIpc) is 2.60. The molecule has 3 amide bonds. The number of likely N-dealkylation sites (tertiary alicyclic amines) is 1. The van der Waals surface area contributed by atoms with Crippen LogP contribution in [-0.2, 0) is 11.2 Å². The Balaban J connectivity index is 1.95. The summed E-state index contributed by atoms with van der Waals surface area (Å²) in [7, 11) is 0. The van der Waals surface area contributed by atoms with Gasteiger partial charge in [0.2, 0.25) is 5.91 Å². The molecule has 1 aliphatic heterocycles. The molecule has 0 spiro atoms. The van der Waals surface area contributed by atoms with Gasteiger partial charge in [0.1, 0.15) is 6.04 Å². The Morgan fingerprint density at radius 1 is 1.08 bits per heavy atom. The number of amides is 3. The van der Waals surface area contributed by atoms with E-state index >= 15 is 0 Å². The molecule has 132 valence electrons. The summed E-state index contributed by atoms with van der Waals surface area (Å²) in [5.41, 5.74) is 1.96. The number of carbonyl (C=O) groups excluding carboxylic acids is 2. The van der Waals surface area contributed by atoms with Gasteiger partial charge >= 0.3 is 6.03 Å². The van der Waals surface area contributed by atoms with Crippen molar-refractivity contribution >= 4 is 17.6 Å². The molecule has 1 atom stereocenters. The van der Waals surface area contributed by atoms with Crippen molar-refractivity contribution in [3.05, 3.63) is 29.8 Å². The Morgan fingerprint density at radius 2 is 1.71 bits per heavy atom. The predicted octanol–water partition coefficient (Wildman–Crippen LogP) is 3.41. The molecule has 2 N–H and O–H groups in total. The third-order valence-corrected chi connectivity index (χ3v) is 4.51. The molecule has 5 heteroatoms. The average molecular weight is 331 g/mol. The molecule has 0 saturated carbocycles. The Bertz CT molecular complexity index is 548. The molecule has 0 radical (unpaired) electrons. The number of hydrogen-bond donors (Lipinski definition) is 2. The van der Waals surface area contributed by atoms with Gasteiger partial charge in [-0.15, -0.1) is 0 Å². The van der Waals surface area contributed by atoms with Crippen molar-refractivity contribution in [2.45, 2.75) is 52.5 Å². The number of nitrogens with one attached hydrogen (secondary N) is 2. The lowest BCUT2D eigenvalue weighted by atomic mass is 10.0. The second kappa shape index (κ2) is 8.71. The lowest BCUT2D eigenvalue weighted by Crippen LogP contribution is -2.53. The summed E-state index contributed by atoms with van der Waals surface area (Å²) in [6.07, 6.45) is 4.24. The van der Waals surface area contributed by atoms with Crippen LogP contribution < -0.4 is 10.6 Å². The minimum absolute atomic E-state index is 0.0289. The van der Waals surface area contributed by atoms with E-state index in [1.165, 1.54) is 12.0 Å². The van der Waals surface area contributed by atoms with Crippen molar-refractivity contribution in [2.75, 3.05) is 18.4 Å². The van der Waals surface area contributed by atoms with Gasteiger partial charge in [-0.1, -0.05) is 32.9 Å². The van der Waals surface area contributed by atoms with E-state index in [9.17, 15) is 9.59 Å². The minimum Gasteiger partial charge on any atom is -0.341 e. The van der Waals surface area contributed by atoms with Gasteiger partial charge < -0.3 is 15.5 Å². The van der Waals surface area contributed by atoms with E-state index in [1.54, 1.807) is 0 Å². The number of aryl methyl sites for hydroxylation is 1. The second-order valence-corrected chi connectivity index (χ2v) is 6.76. The SMILES string of the molecule is CCc1ccc(NC(=O)N[C@H](C(=O)N2CCCCC2)C(C)C)cc1. The normalized spacial score (nSPS) is 15.9. The molecule has 0 bridgehead atoms. The van der Waals surface area contributed by atoms with Crippen LogP contribution in [0.4, 0.5) is 10.5 Å². The summed E-state index contributed by atoms with van der Waals surface area (Å²) < 4.78 is 0. The number of hydrogen-bond acceptors (Lipinski definition) is 2. The monoisotopic (exact) mass is 331 g/mol. The third kappa shape index (κ3) is 4.98. The number of anilines is 1. The molecule has 0 unspecified atom stereocenters. The fourth-order valence-electron chi connectivity index (χ4n) is 2.96. The number of nitrogens with zero attached hydrogens (tertiary/aromatic N) is 1. The largest absolute Gasteiger partial charge is 0.341 e. The molecule has 2 rings (SSSR count). The van der Waals surface area contributed by atoms with E-state index in [1.807, 2.05) is 43.0 Å². The quantitative estimate of drug-likeness (QED) is 0.868. The van der Waals surface area contributed by atoms with Crippen LogP contribution in [0.25, 0.3) is 0 Å². The van der Waals surface area contributed by atoms with Gasteiger partial charge in [-0.05, 0) is 49.3 Å². The van der Waals surface area contributed by atoms with Crippen LogP contribution in [0.15, 0.2) is 24.3 Å². The highest BCUT2D eigenvalue weighted by Gasteiger charge is 2.29. The number of carbonyl (C=O) groups is 2. The molecule has 1 aromatic carbocycles. The highest BCUT2D eigenvalue weighted by Crippen LogP contribution is 2.14. The third-order valence-electron chi connectivity index (χ3n) is 4.51. The van der Waals surface area contributed by atoms with E-state index in [0.29, 0.717) is 0 Å². The van der Waals surface area contributed by atoms with Gasteiger partial charge in [0.15, 0.2) is 0 Å². The summed E-state index contributed by atoms with van der Waals surface area (Å²) in [6.45, 7) is 7.61. The van der Waals surface area contributed by atoms with Gasteiger partial charge in [0.05, 0.1) is 0 Å². The number of piperidine rings is 1. The molecule has 0 aromatic heterocycles. The van der Waals surface area contributed by atoms with Gasteiger partial charge in [0.25, 0.3) is 0 Å². The summed E-state index contributed by atoms with van der Waals surface area (Å²) in [4.78, 5) is 26.9. The van der Waals surface area contributed by atoms with Crippen LogP contribution in [0, 0.1) is 5.92 Å². The number of rotatable bonds is 5. The minimum atomic E-state index is -0.488. The first-order valence-corrected chi connectivity index (χ1v) is 8.96. The number of benzene rings is 1. The smallest absolute Gasteiger partial charge is 0.319 e. The fourth-order valence-corrected chi connectivity index (χ4v) is 2.96. The second-order valence-electron chi connectivity index (χ2n) is 6.76. The summed E-state index contributed by atoms with van der Waals surface area (Å²) in [6, 6.07) is 6.94. The van der Waals surface area contributed by atoms with Crippen LogP contribution in [0.3, 0.4) is 0 Å². The van der Waals surface area contributed by atoms with Crippen molar-refractivity contribution in [1.82, 2.24) is 10.2 Å². The van der Waals surface area contributed by atoms with E-state index in [-0.39, 0.29) is 17.9 Å². The van der Waals surface area contributed by atoms with Crippen LogP contribution in [0.1, 0.15) is 45.6 Å². The maximum Gasteiger partial charge on any atom is 0.319 e. The lowest BCUT2D eigenvalue weighted by Gasteiger charge is -2.32. The zero-order chi connectivity index (χ0) is 17.5. The van der Waals surface area contributed by atoms with E-state index in [0.717, 1.165) is 38.0 Å². The maximum absolute atomic E-state index is 12.7. The lowest BCUT2D eigenvalue weighted by molar-refractivity contribution is -0.135. The zero-order valence-corrected chi connectivity index (χ0v) is 15.0. The maximum atomic E-state index is 12.7. The molecular weight excluding hydrogens is 302 g/mol. The van der Waals surface area contributed by atoms with Crippen molar-refractivity contribution in [3.8, 4) is 0 Å². The van der Waals surface area contributed by atoms with Crippen molar-refractivity contribution in [2.24, 2.45) is 5.92 Å². The predicted molar refractivity (Wildman–Crippen MR) is 97.0 cm³/mol. The van der Waals surface area contributed by atoms with Gasteiger partial charge in [-0.3, -0.25) is 4.79 Å². The Labute approximate surface area is 144 Å². The van der Waals surface area contributed by atoms with E-state index in [2.05, 4.69) is 17.6 Å². The van der Waals surface area contributed by atoms with Crippen LogP contribution in [0.2, 0.25) is 0 Å². The zero-order valence-electron chi connectivity index (χ0n) is 15.0. The first-order chi connectivity index (χ1) is 11.5.